The maximum atomic E-state index is 12.2. The molecule has 1 unspecified atom stereocenters. The summed E-state index contributed by atoms with van der Waals surface area (Å²) in [6.07, 6.45) is -5.44. The molecule has 0 aliphatic carbocycles. The Hall–Kier alpha value is -0.490. The quantitative estimate of drug-likeness (QED) is 0.653. The third-order valence-corrected chi connectivity index (χ3v) is 2.55. The van der Waals surface area contributed by atoms with Crippen molar-refractivity contribution in [1.82, 2.24) is 5.43 Å². The van der Waals surface area contributed by atoms with Crippen molar-refractivity contribution in [3.63, 3.8) is 0 Å². The maximum absolute atomic E-state index is 12.2. The van der Waals surface area contributed by atoms with Crippen LogP contribution in [0.4, 0.5) is 13.2 Å². The van der Waals surface area contributed by atoms with Crippen LogP contribution in [0.15, 0.2) is 18.2 Å². The topological polar surface area (TPSA) is 38.0 Å². The predicted octanol–water partition coefficient (Wildman–Crippen LogP) is 3.45. The third-order valence-electron chi connectivity index (χ3n) is 1.97. The molecule has 3 N–H and O–H groups in total. The van der Waals surface area contributed by atoms with E-state index in [2.05, 4.69) is 5.43 Å². The molecule has 16 heavy (non-hydrogen) atoms. The Kier molecular flexibility index (Phi) is 4.43. The molecule has 0 saturated heterocycles. The first-order chi connectivity index (χ1) is 7.33. The Morgan fingerprint density at radius 1 is 1.31 bits per heavy atom. The molecule has 0 saturated carbocycles. The lowest BCUT2D eigenvalue weighted by Gasteiger charge is -2.19. The van der Waals surface area contributed by atoms with E-state index >= 15 is 0 Å². The molecular weight excluding hydrogens is 264 g/mol. The third kappa shape index (κ3) is 3.83. The van der Waals surface area contributed by atoms with E-state index in [0.717, 1.165) is 0 Å². The van der Waals surface area contributed by atoms with Gasteiger partial charge in [0.2, 0.25) is 0 Å². The summed E-state index contributed by atoms with van der Waals surface area (Å²) in [5.74, 6) is 5.08. The molecule has 90 valence electrons. The Morgan fingerprint density at radius 2 is 1.94 bits per heavy atom. The van der Waals surface area contributed by atoms with E-state index in [9.17, 15) is 13.2 Å². The van der Waals surface area contributed by atoms with E-state index in [1.54, 1.807) is 0 Å². The lowest BCUT2D eigenvalue weighted by molar-refractivity contribution is -0.140. The normalized spacial score (nSPS) is 13.9. The fourth-order valence-electron chi connectivity index (χ4n) is 1.27. The zero-order chi connectivity index (χ0) is 12.3. The second-order valence-corrected chi connectivity index (χ2v) is 4.05. The number of alkyl halides is 3. The molecule has 2 nitrogen and oxygen atoms in total. The van der Waals surface area contributed by atoms with Crippen LogP contribution >= 0.6 is 23.2 Å². The molecule has 1 aromatic carbocycles. The molecule has 0 aromatic heterocycles. The zero-order valence-electron chi connectivity index (χ0n) is 7.98. The second-order valence-electron chi connectivity index (χ2n) is 3.20. The van der Waals surface area contributed by atoms with Gasteiger partial charge < -0.3 is 0 Å². The van der Waals surface area contributed by atoms with E-state index in [-0.39, 0.29) is 10.6 Å². The number of benzene rings is 1. The highest BCUT2D eigenvalue weighted by molar-refractivity contribution is 6.33. The van der Waals surface area contributed by atoms with Crippen LogP contribution in [-0.2, 0) is 0 Å². The highest BCUT2D eigenvalue weighted by Crippen LogP contribution is 2.33. The van der Waals surface area contributed by atoms with Crippen molar-refractivity contribution in [2.24, 2.45) is 5.84 Å². The summed E-state index contributed by atoms with van der Waals surface area (Å²) in [4.78, 5) is 0. The molecule has 0 radical (unpaired) electrons. The Bertz CT molecular complexity index is 368. The minimum atomic E-state index is -4.33. The fourth-order valence-corrected chi connectivity index (χ4v) is 1.70. The second kappa shape index (κ2) is 5.23. The Morgan fingerprint density at radius 3 is 2.44 bits per heavy atom. The van der Waals surface area contributed by atoms with Crippen molar-refractivity contribution in [3.8, 4) is 0 Å². The van der Waals surface area contributed by atoms with Crippen LogP contribution < -0.4 is 11.3 Å². The molecule has 7 heteroatoms. The van der Waals surface area contributed by atoms with Crippen molar-refractivity contribution in [1.29, 1.82) is 0 Å². The summed E-state index contributed by atoms with van der Waals surface area (Å²) in [6, 6.07) is 3.18. The predicted molar refractivity (Wildman–Crippen MR) is 57.2 cm³/mol. The van der Waals surface area contributed by atoms with Crippen LogP contribution in [0.2, 0.25) is 10.0 Å². The van der Waals surface area contributed by atoms with Gasteiger partial charge in [-0.1, -0.05) is 23.2 Å². The maximum Gasteiger partial charge on any atom is 0.390 e. The van der Waals surface area contributed by atoms with Gasteiger partial charge in [0.25, 0.3) is 0 Å². The standard InChI is InChI=1S/C9H9Cl2F3N2/c10-5-1-2-7(11)6(3-5)8(16-15)4-9(12,13)14/h1-3,8,16H,4,15H2. The average Bonchev–Trinajstić information content (AvgIpc) is 2.17. The van der Waals surface area contributed by atoms with Gasteiger partial charge in [-0.3, -0.25) is 11.3 Å². The Labute approximate surface area is 100 Å². The molecule has 1 aromatic rings. The zero-order valence-corrected chi connectivity index (χ0v) is 9.50. The van der Waals surface area contributed by atoms with Crippen LogP contribution in [0, 0.1) is 0 Å². The molecule has 0 aliphatic rings. The van der Waals surface area contributed by atoms with Crippen molar-refractivity contribution in [2.45, 2.75) is 18.6 Å². The smallest absolute Gasteiger partial charge is 0.271 e. The van der Waals surface area contributed by atoms with Crippen molar-refractivity contribution in [3.05, 3.63) is 33.8 Å². The van der Waals surface area contributed by atoms with Gasteiger partial charge >= 0.3 is 6.18 Å². The number of hydrogen-bond acceptors (Lipinski definition) is 2. The van der Waals surface area contributed by atoms with E-state index in [1.165, 1.54) is 18.2 Å². The summed E-state index contributed by atoms with van der Waals surface area (Å²) in [6.45, 7) is 0. The molecule has 0 fully saturated rings. The van der Waals surface area contributed by atoms with Gasteiger partial charge in [-0.2, -0.15) is 13.2 Å². The number of nitrogens with one attached hydrogen (secondary N) is 1. The first kappa shape index (κ1) is 13.6. The number of hydrazine groups is 1. The highest BCUT2D eigenvalue weighted by Gasteiger charge is 2.33. The largest absolute Gasteiger partial charge is 0.390 e. The van der Waals surface area contributed by atoms with Gasteiger partial charge in [-0.05, 0) is 23.8 Å². The van der Waals surface area contributed by atoms with E-state index in [4.69, 9.17) is 29.0 Å². The number of nitrogens with two attached hydrogens (primary N) is 1. The molecule has 0 spiro atoms. The van der Waals surface area contributed by atoms with Crippen molar-refractivity contribution < 1.29 is 13.2 Å². The molecule has 0 heterocycles. The highest BCUT2D eigenvalue weighted by atomic mass is 35.5. The van der Waals surface area contributed by atoms with Gasteiger partial charge in [0.1, 0.15) is 0 Å². The van der Waals surface area contributed by atoms with Gasteiger partial charge in [-0.15, -0.1) is 0 Å². The fraction of sp³-hybridized carbons (Fsp3) is 0.333. The number of rotatable bonds is 3. The molecular formula is C9H9Cl2F3N2. The minimum absolute atomic E-state index is 0.191. The van der Waals surface area contributed by atoms with E-state index in [1.807, 2.05) is 0 Å². The lowest BCUT2D eigenvalue weighted by atomic mass is 10.0. The summed E-state index contributed by atoms with van der Waals surface area (Å²) in [5, 5.41) is 0.499. The number of hydrogen-bond donors (Lipinski definition) is 2. The van der Waals surface area contributed by atoms with Crippen LogP contribution in [-0.4, -0.2) is 6.18 Å². The summed E-state index contributed by atoms with van der Waals surface area (Å²) >= 11 is 11.5. The summed E-state index contributed by atoms with van der Waals surface area (Å²) < 4.78 is 36.7. The summed E-state index contributed by atoms with van der Waals surface area (Å²) in [7, 11) is 0. The Balaban J connectivity index is 2.99. The first-order valence-electron chi connectivity index (χ1n) is 4.31. The molecule has 1 rings (SSSR count). The van der Waals surface area contributed by atoms with Crippen LogP contribution in [0.1, 0.15) is 18.0 Å². The minimum Gasteiger partial charge on any atom is -0.271 e. The monoisotopic (exact) mass is 272 g/mol. The van der Waals surface area contributed by atoms with Gasteiger partial charge in [0, 0.05) is 10.0 Å². The molecule has 0 amide bonds. The molecule has 1 atom stereocenters. The van der Waals surface area contributed by atoms with Crippen LogP contribution in [0.25, 0.3) is 0 Å². The molecule has 0 aliphatic heterocycles. The van der Waals surface area contributed by atoms with Crippen molar-refractivity contribution >= 4 is 23.2 Å². The van der Waals surface area contributed by atoms with Crippen molar-refractivity contribution in [2.75, 3.05) is 0 Å². The number of halogens is 5. The molecule has 0 bridgehead atoms. The van der Waals surface area contributed by atoms with Gasteiger partial charge in [0.05, 0.1) is 12.5 Å². The van der Waals surface area contributed by atoms with Crippen LogP contribution in [0.3, 0.4) is 0 Å². The summed E-state index contributed by atoms with van der Waals surface area (Å²) in [5.41, 5.74) is 2.31. The SMILES string of the molecule is NNC(CC(F)(F)F)c1cc(Cl)ccc1Cl. The lowest BCUT2D eigenvalue weighted by Crippen LogP contribution is -2.32. The van der Waals surface area contributed by atoms with E-state index in [0.29, 0.717) is 5.02 Å². The first-order valence-corrected chi connectivity index (χ1v) is 5.07. The van der Waals surface area contributed by atoms with Gasteiger partial charge in [-0.25, -0.2) is 0 Å². The van der Waals surface area contributed by atoms with Crippen LogP contribution in [0.5, 0.6) is 0 Å². The van der Waals surface area contributed by atoms with Gasteiger partial charge in [0.15, 0.2) is 0 Å². The van der Waals surface area contributed by atoms with E-state index < -0.39 is 18.6 Å². The average molecular weight is 273 g/mol.